The van der Waals surface area contributed by atoms with Gasteiger partial charge in [0.25, 0.3) is 0 Å². The van der Waals surface area contributed by atoms with Crippen molar-refractivity contribution in [2.75, 3.05) is 0 Å². The zero-order valence-electron chi connectivity index (χ0n) is 11.2. The minimum Gasteiger partial charge on any atom is -0.361 e. The van der Waals surface area contributed by atoms with Crippen LogP contribution in [-0.4, -0.2) is 6.21 Å². The Hall–Kier alpha value is -3.30. The molecule has 1 aromatic carbocycles. The van der Waals surface area contributed by atoms with Crippen molar-refractivity contribution in [2.45, 2.75) is 0 Å². The summed E-state index contributed by atoms with van der Waals surface area (Å²) in [4.78, 5) is 4.17. The number of hydrogen-bond acceptors (Lipinski definition) is 3. The molecule has 0 amide bonds. The maximum Gasteiger partial charge on any atom is 0.100 e. The Morgan fingerprint density at radius 1 is 1.24 bits per heavy atom. The van der Waals surface area contributed by atoms with Gasteiger partial charge in [0.2, 0.25) is 0 Å². The largest absolute Gasteiger partial charge is 0.361 e. The number of dihydropyridines is 1. The summed E-state index contributed by atoms with van der Waals surface area (Å²) in [6, 6.07) is 7.61. The molecule has 1 aromatic rings. The molecule has 1 N–H and O–H groups in total. The lowest BCUT2D eigenvalue weighted by molar-refractivity contribution is 1.09. The lowest BCUT2D eigenvalue weighted by Gasteiger charge is -2.17. The molecule has 3 nitrogen and oxygen atoms in total. The van der Waals surface area contributed by atoms with Crippen molar-refractivity contribution in [1.82, 2.24) is 5.32 Å². The number of nitrogens with one attached hydrogen (secondary N) is 1. The minimum atomic E-state index is 0.506. The summed E-state index contributed by atoms with van der Waals surface area (Å²) in [5, 5.41) is 12.4. The number of aliphatic imine (C=N–C) groups is 1. The number of terminal acetylenes is 1. The van der Waals surface area contributed by atoms with E-state index >= 15 is 0 Å². The van der Waals surface area contributed by atoms with Crippen molar-refractivity contribution < 1.29 is 0 Å². The van der Waals surface area contributed by atoms with E-state index in [0.717, 1.165) is 22.4 Å². The summed E-state index contributed by atoms with van der Waals surface area (Å²) in [7, 11) is 0. The molecule has 0 saturated carbocycles. The first kappa shape index (κ1) is 12.7. The molecule has 0 spiro atoms. The van der Waals surface area contributed by atoms with Gasteiger partial charge in [-0.1, -0.05) is 18.1 Å². The fourth-order valence-electron chi connectivity index (χ4n) is 2.29. The molecule has 0 bridgehead atoms. The van der Waals surface area contributed by atoms with Crippen molar-refractivity contribution in [3.63, 3.8) is 0 Å². The second-order valence-electron chi connectivity index (χ2n) is 4.53. The van der Waals surface area contributed by atoms with Gasteiger partial charge in [-0.25, -0.2) is 0 Å². The number of nitrogens with zero attached hydrogens (tertiary/aromatic N) is 2. The molecule has 0 atom stereocenters. The van der Waals surface area contributed by atoms with E-state index in [1.54, 1.807) is 18.5 Å². The van der Waals surface area contributed by atoms with Gasteiger partial charge in [0.15, 0.2) is 0 Å². The van der Waals surface area contributed by atoms with Crippen LogP contribution < -0.4 is 5.32 Å². The molecule has 21 heavy (non-hydrogen) atoms. The maximum atomic E-state index is 9.16. The summed E-state index contributed by atoms with van der Waals surface area (Å²) in [5.41, 5.74) is 4.87. The molecule has 0 saturated heterocycles. The average molecular weight is 269 g/mol. The van der Waals surface area contributed by atoms with Crippen LogP contribution in [-0.2, 0) is 0 Å². The van der Waals surface area contributed by atoms with Crippen LogP contribution in [0.2, 0.25) is 0 Å². The minimum absolute atomic E-state index is 0.506. The van der Waals surface area contributed by atoms with Crippen LogP contribution in [0.5, 0.6) is 0 Å². The van der Waals surface area contributed by atoms with E-state index in [-0.39, 0.29) is 0 Å². The van der Waals surface area contributed by atoms with Crippen LogP contribution in [0.15, 0.2) is 65.1 Å². The Kier molecular flexibility index (Phi) is 3.25. The smallest absolute Gasteiger partial charge is 0.100 e. The molecule has 0 radical (unpaired) electrons. The summed E-state index contributed by atoms with van der Waals surface area (Å²) in [6.45, 7) is 0. The van der Waals surface area contributed by atoms with E-state index in [1.807, 2.05) is 36.6 Å². The third kappa shape index (κ3) is 2.29. The monoisotopic (exact) mass is 269 g/mol. The van der Waals surface area contributed by atoms with Crippen LogP contribution in [0, 0.1) is 23.7 Å². The topological polar surface area (TPSA) is 48.2 Å². The molecular formula is C18H11N3. The van der Waals surface area contributed by atoms with Gasteiger partial charge in [-0.15, -0.1) is 6.42 Å². The van der Waals surface area contributed by atoms with Crippen LogP contribution >= 0.6 is 0 Å². The lowest BCUT2D eigenvalue weighted by atomic mass is 9.93. The van der Waals surface area contributed by atoms with Crippen LogP contribution in [0.25, 0.3) is 5.57 Å². The predicted molar refractivity (Wildman–Crippen MR) is 84.0 cm³/mol. The van der Waals surface area contributed by atoms with Gasteiger partial charge >= 0.3 is 0 Å². The fourth-order valence-corrected chi connectivity index (χ4v) is 2.29. The number of benzene rings is 1. The van der Waals surface area contributed by atoms with Gasteiger partial charge in [0.05, 0.1) is 5.56 Å². The van der Waals surface area contributed by atoms with Gasteiger partial charge in [-0.3, -0.25) is 4.99 Å². The highest BCUT2D eigenvalue weighted by Crippen LogP contribution is 2.27. The molecule has 2 aliphatic rings. The van der Waals surface area contributed by atoms with Crippen LogP contribution in [0.1, 0.15) is 16.7 Å². The first-order valence-corrected chi connectivity index (χ1v) is 6.42. The van der Waals surface area contributed by atoms with E-state index in [2.05, 4.69) is 22.3 Å². The van der Waals surface area contributed by atoms with Crippen LogP contribution in [0.4, 0.5) is 0 Å². The first-order chi connectivity index (χ1) is 10.3. The molecular weight excluding hydrogens is 258 g/mol. The highest BCUT2D eigenvalue weighted by atomic mass is 14.9. The molecule has 3 rings (SSSR count). The SMILES string of the molecule is C#Cc1c(C#N)cccc1C1=CNC2=CC=CN=CC2=C1. The molecule has 0 aliphatic carbocycles. The second kappa shape index (κ2) is 5.36. The quantitative estimate of drug-likeness (QED) is 0.797. The Morgan fingerprint density at radius 2 is 2.14 bits per heavy atom. The van der Waals surface area contributed by atoms with Gasteiger partial charge in [0.1, 0.15) is 6.07 Å². The van der Waals surface area contributed by atoms with Gasteiger partial charge in [-0.2, -0.15) is 5.26 Å². The standard InChI is InChI=1S/C18H11N3/c1-2-16-13(10-19)5-3-6-17(16)14-9-15-11-20-8-4-7-18(15)21-12-14/h1,3-9,11-12,21H. The van der Waals surface area contributed by atoms with Crippen molar-refractivity contribution in [3.8, 4) is 18.4 Å². The van der Waals surface area contributed by atoms with Crippen molar-refractivity contribution >= 4 is 11.8 Å². The summed E-state index contributed by atoms with van der Waals surface area (Å²) in [6.07, 6.45) is 16.8. The second-order valence-corrected chi connectivity index (χ2v) is 4.53. The lowest BCUT2D eigenvalue weighted by Crippen LogP contribution is -2.13. The molecule has 3 heteroatoms. The predicted octanol–water partition coefficient (Wildman–Crippen LogP) is 2.89. The zero-order valence-corrected chi connectivity index (χ0v) is 11.2. The third-order valence-electron chi connectivity index (χ3n) is 3.29. The molecule has 2 aliphatic heterocycles. The molecule has 0 fully saturated rings. The highest BCUT2D eigenvalue weighted by molar-refractivity contribution is 5.93. The normalized spacial score (nSPS) is 15.4. The Labute approximate surface area is 123 Å². The third-order valence-corrected chi connectivity index (χ3v) is 3.29. The summed E-state index contributed by atoms with van der Waals surface area (Å²) in [5.74, 6) is 2.62. The van der Waals surface area contributed by atoms with Gasteiger partial charge in [0, 0.05) is 41.0 Å². The maximum absolute atomic E-state index is 9.16. The van der Waals surface area contributed by atoms with Gasteiger partial charge in [-0.05, 0) is 29.9 Å². The molecule has 98 valence electrons. The van der Waals surface area contributed by atoms with E-state index in [9.17, 15) is 0 Å². The van der Waals surface area contributed by atoms with E-state index in [0.29, 0.717) is 11.1 Å². The summed E-state index contributed by atoms with van der Waals surface area (Å²) < 4.78 is 0. The first-order valence-electron chi connectivity index (χ1n) is 6.42. The number of nitriles is 1. The van der Waals surface area contributed by atoms with Crippen LogP contribution in [0.3, 0.4) is 0 Å². The molecule has 2 heterocycles. The van der Waals surface area contributed by atoms with Gasteiger partial charge < -0.3 is 5.32 Å². The zero-order chi connectivity index (χ0) is 14.7. The van der Waals surface area contributed by atoms with E-state index < -0.39 is 0 Å². The number of fused-ring (bicyclic) bond motifs is 1. The Morgan fingerprint density at radius 3 is 2.95 bits per heavy atom. The van der Waals surface area contributed by atoms with Crippen molar-refractivity contribution in [2.24, 2.45) is 4.99 Å². The molecule has 0 unspecified atom stereocenters. The molecule has 0 aromatic heterocycles. The fraction of sp³-hybridized carbons (Fsp3) is 0. The number of allylic oxidation sites excluding steroid dienone is 5. The number of hydrogen-bond donors (Lipinski definition) is 1. The van der Waals surface area contributed by atoms with Crippen molar-refractivity contribution in [1.29, 1.82) is 5.26 Å². The van der Waals surface area contributed by atoms with E-state index in [1.165, 1.54) is 0 Å². The number of rotatable bonds is 1. The average Bonchev–Trinajstić information content (AvgIpc) is 2.78. The van der Waals surface area contributed by atoms with Crippen molar-refractivity contribution in [3.05, 3.63) is 76.8 Å². The Balaban J connectivity index is 2.11. The highest BCUT2D eigenvalue weighted by Gasteiger charge is 2.14. The van der Waals surface area contributed by atoms with E-state index in [4.69, 9.17) is 11.7 Å². The Bertz CT molecular complexity index is 834. The summed E-state index contributed by atoms with van der Waals surface area (Å²) >= 11 is 0.